The molecule has 0 amide bonds. The number of aliphatic hydroxyl groups excluding tert-OH is 1. The number of hydrogen-bond acceptors (Lipinski definition) is 3. The van der Waals surface area contributed by atoms with Gasteiger partial charge in [0, 0.05) is 32.4 Å². The molecule has 0 aliphatic carbocycles. The smallest absolute Gasteiger partial charge is 0.0762 e. The molecule has 1 atom stereocenters. The monoisotopic (exact) mass is 197 g/mol. The second kappa shape index (κ2) is 5.78. The van der Waals surface area contributed by atoms with E-state index in [1.165, 1.54) is 0 Å². The van der Waals surface area contributed by atoms with Gasteiger partial charge < -0.3 is 10.4 Å². The maximum Gasteiger partial charge on any atom is 0.0762 e. The lowest BCUT2D eigenvalue weighted by atomic mass is 10.1. The summed E-state index contributed by atoms with van der Waals surface area (Å²) in [5, 5.41) is 16.4. The van der Waals surface area contributed by atoms with Crippen LogP contribution in [0.5, 0.6) is 0 Å². The van der Waals surface area contributed by atoms with E-state index in [-0.39, 0.29) is 6.61 Å². The van der Waals surface area contributed by atoms with E-state index in [1.807, 2.05) is 19.3 Å². The summed E-state index contributed by atoms with van der Waals surface area (Å²) >= 11 is 0. The van der Waals surface area contributed by atoms with Crippen molar-refractivity contribution in [3.05, 3.63) is 18.0 Å². The Balaban J connectivity index is 2.31. The minimum absolute atomic E-state index is 0.244. The van der Waals surface area contributed by atoms with Crippen molar-refractivity contribution in [1.29, 1.82) is 0 Å². The topological polar surface area (TPSA) is 50.1 Å². The molecule has 14 heavy (non-hydrogen) atoms. The van der Waals surface area contributed by atoms with Crippen LogP contribution >= 0.6 is 0 Å². The molecule has 0 aromatic carbocycles. The summed E-state index contributed by atoms with van der Waals surface area (Å²) in [6, 6.07) is 2.39. The molecule has 1 aromatic rings. The molecule has 1 unspecified atom stereocenters. The van der Waals surface area contributed by atoms with Gasteiger partial charge >= 0.3 is 0 Å². The third-order valence-electron chi connectivity index (χ3n) is 2.31. The van der Waals surface area contributed by atoms with Gasteiger partial charge in [-0.3, -0.25) is 4.68 Å². The zero-order chi connectivity index (χ0) is 10.4. The highest BCUT2D eigenvalue weighted by molar-refractivity contribution is 4.98. The Kier molecular flexibility index (Phi) is 4.62. The van der Waals surface area contributed by atoms with Crippen LogP contribution in [0.4, 0.5) is 0 Å². The van der Waals surface area contributed by atoms with Crippen LogP contribution < -0.4 is 5.32 Å². The van der Waals surface area contributed by atoms with E-state index in [0.717, 1.165) is 25.1 Å². The van der Waals surface area contributed by atoms with E-state index < -0.39 is 0 Å². The molecule has 80 valence electrons. The molecular formula is C10H19N3O. The minimum Gasteiger partial charge on any atom is -0.396 e. The number of aryl methyl sites for hydroxylation is 1. The second-order valence-electron chi connectivity index (χ2n) is 3.48. The fourth-order valence-corrected chi connectivity index (χ4v) is 1.41. The quantitative estimate of drug-likeness (QED) is 0.704. The predicted octanol–water partition coefficient (Wildman–Crippen LogP) is 0.671. The zero-order valence-electron chi connectivity index (χ0n) is 8.90. The number of nitrogens with one attached hydrogen (secondary N) is 1. The Bertz CT molecular complexity index is 260. The Morgan fingerprint density at radius 1 is 1.64 bits per heavy atom. The van der Waals surface area contributed by atoms with Gasteiger partial charge in [0.15, 0.2) is 0 Å². The van der Waals surface area contributed by atoms with E-state index in [9.17, 15) is 0 Å². The van der Waals surface area contributed by atoms with Gasteiger partial charge in [-0.05, 0) is 18.9 Å². The molecule has 0 saturated heterocycles. The number of aliphatic hydroxyl groups is 1. The van der Waals surface area contributed by atoms with Crippen molar-refractivity contribution in [1.82, 2.24) is 15.1 Å². The molecule has 0 bridgehead atoms. The minimum atomic E-state index is 0.244. The average Bonchev–Trinajstić information content (AvgIpc) is 2.59. The van der Waals surface area contributed by atoms with Gasteiger partial charge in [-0.15, -0.1) is 0 Å². The normalized spacial score (nSPS) is 13.1. The van der Waals surface area contributed by atoms with Crippen LogP contribution in [-0.2, 0) is 13.6 Å². The van der Waals surface area contributed by atoms with Crippen molar-refractivity contribution in [2.75, 3.05) is 6.61 Å². The first kappa shape index (κ1) is 11.2. The molecule has 1 aromatic heterocycles. The SMILES string of the molecule is CCC(CCO)NCc1ccn(C)n1. The first-order valence-corrected chi connectivity index (χ1v) is 5.09. The van der Waals surface area contributed by atoms with Gasteiger partial charge in [-0.1, -0.05) is 6.92 Å². The molecule has 0 saturated carbocycles. The summed E-state index contributed by atoms with van der Waals surface area (Å²) in [6.45, 7) is 3.14. The van der Waals surface area contributed by atoms with E-state index in [1.54, 1.807) is 4.68 Å². The van der Waals surface area contributed by atoms with E-state index in [0.29, 0.717) is 6.04 Å². The number of aromatic nitrogens is 2. The lowest BCUT2D eigenvalue weighted by Crippen LogP contribution is -2.29. The Morgan fingerprint density at radius 2 is 2.43 bits per heavy atom. The van der Waals surface area contributed by atoms with Crippen molar-refractivity contribution in [2.45, 2.75) is 32.4 Å². The van der Waals surface area contributed by atoms with Gasteiger partial charge in [0.05, 0.1) is 5.69 Å². The maximum absolute atomic E-state index is 8.81. The highest BCUT2D eigenvalue weighted by Gasteiger charge is 2.05. The number of rotatable bonds is 6. The Hall–Kier alpha value is -0.870. The van der Waals surface area contributed by atoms with Crippen LogP contribution in [0.15, 0.2) is 12.3 Å². The van der Waals surface area contributed by atoms with Crippen LogP contribution in [0.3, 0.4) is 0 Å². The molecule has 1 rings (SSSR count). The van der Waals surface area contributed by atoms with Crippen LogP contribution in [0.2, 0.25) is 0 Å². The summed E-state index contributed by atoms with van der Waals surface area (Å²) < 4.78 is 1.80. The molecule has 0 aliphatic heterocycles. The number of hydrogen-bond donors (Lipinski definition) is 2. The van der Waals surface area contributed by atoms with Gasteiger partial charge in [-0.2, -0.15) is 5.10 Å². The number of nitrogens with zero attached hydrogens (tertiary/aromatic N) is 2. The van der Waals surface area contributed by atoms with Crippen LogP contribution in [-0.4, -0.2) is 27.5 Å². The fourth-order valence-electron chi connectivity index (χ4n) is 1.41. The summed E-state index contributed by atoms with van der Waals surface area (Å²) in [7, 11) is 1.91. The molecule has 1 heterocycles. The first-order valence-electron chi connectivity index (χ1n) is 5.09. The predicted molar refractivity (Wildman–Crippen MR) is 55.8 cm³/mol. The van der Waals surface area contributed by atoms with Gasteiger partial charge in [0.2, 0.25) is 0 Å². The van der Waals surface area contributed by atoms with E-state index >= 15 is 0 Å². The van der Waals surface area contributed by atoms with Crippen molar-refractivity contribution < 1.29 is 5.11 Å². The summed E-state index contributed by atoms with van der Waals surface area (Å²) in [6.07, 6.45) is 3.78. The molecule has 0 aliphatic rings. The van der Waals surface area contributed by atoms with Gasteiger partial charge in [0.25, 0.3) is 0 Å². The van der Waals surface area contributed by atoms with Crippen LogP contribution in [0, 0.1) is 0 Å². The van der Waals surface area contributed by atoms with Crippen molar-refractivity contribution in [3.63, 3.8) is 0 Å². The summed E-state index contributed by atoms with van der Waals surface area (Å²) in [5.41, 5.74) is 1.05. The molecule has 4 heteroatoms. The fraction of sp³-hybridized carbons (Fsp3) is 0.700. The average molecular weight is 197 g/mol. The van der Waals surface area contributed by atoms with Crippen LogP contribution in [0.25, 0.3) is 0 Å². The third kappa shape index (κ3) is 3.47. The van der Waals surface area contributed by atoms with Gasteiger partial charge in [-0.25, -0.2) is 0 Å². The van der Waals surface area contributed by atoms with Gasteiger partial charge in [0.1, 0.15) is 0 Å². The largest absolute Gasteiger partial charge is 0.396 e. The highest BCUT2D eigenvalue weighted by Crippen LogP contribution is 1.99. The molecule has 0 spiro atoms. The van der Waals surface area contributed by atoms with Crippen molar-refractivity contribution in [2.24, 2.45) is 7.05 Å². The van der Waals surface area contributed by atoms with E-state index in [2.05, 4.69) is 17.3 Å². The van der Waals surface area contributed by atoms with Crippen molar-refractivity contribution >= 4 is 0 Å². The molecule has 2 N–H and O–H groups in total. The Morgan fingerprint density at radius 3 is 2.93 bits per heavy atom. The Labute approximate surface area is 84.9 Å². The standard InChI is InChI=1S/C10H19N3O/c1-3-9(5-7-14)11-8-10-4-6-13(2)12-10/h4,6,9,11,14H,3,5,7-8H2,1-2H3. The molecule has 4 nitrogen and oxygen atoms in total. The lowest BCUT2D eigenvalue weighted by Gasteiger charge is -2.14. The second-order valence-corrected chi connectivity index (χ2v) is 3.48. The maximum atomic E-state index is 8.81. The van der Waals surface area contributed by atoms with Crippen molar-refractivity contribution in [3.8, 4) is 0 Å². The summed E-state index contributed by atoms with van der Waals surface area (Å²) in [4.78, 5) is 0. The lowest BCUT2D eigenvalue weighted by molar-refractivity contribution is 0.261. The molecule has 0 fully saturated rings. The molecular weight excluding hydrogens is 178 g/mol. The zero-order valence-corrected chi connectivity index (χ0v) is 8.90. The van der Waals surface area contributed by atoms with Crippen LogP contribution in [0.1, 0.15) is 25.5 Å². The van der Waals surface area contributed by atoms with E-state index in [4.69, 9.17) is 5.11 Å². The summed E-state index contributed by atoms with van der Waals surface area (Å²) in [5.74, 6) is 0. The first-order chi connectivity index (χ1) is 6.76. The third-order valence-corrected chi connectivity index (χ3v) is 2.31. The highest BCUT2D eigenvalue weighted by atomic mass is 16.3. The molecule has 0 radical (unpaired) electrons.